The first-order chi connectivity index (χ1) is 6.83. The Labute approximate surface area is 92.6 Å². The second-order valence-electron chi connectivity index (χ2n) is 3.61. The minimum absolute atomic E-state index is 0.262. The molecule has 0 amide bonds. The van der Waals surface area contributed by atoms with E-state index in [0.29, 0.717) is 6.10 Å². The fourth-order valence-corrected chi connectivity index (χ4v) is 2.26. The fraction of sp³-hybridized carbons (Fsp3) is 0.700. The Morgan fingerprint density at radius 3 is 3.07 bits per heavy atom. The molecule has 2 rings (SSSR count). The van der Waals surface area contributed by atoms with E-state index in [4.69, 9.17) is 4.74 Å². The topological polar surface area (TPSA) is 27.1 Å². The van der Waals surface area contributed by atoms with Crippen molar-refractivity contribution in [3.05, 3.63) is 18.0 Å². The minimum atomic E-state index is 0.262. The molecule has 0 radical (unpaired) electrons. The number of aryl methyl sites for hydroxylation is 1. The summed E-state index contributed by atoms with van der Waals surface area (Å²) in [5.74, 6) is 0. The van der Waals surface area contributed by atoms with E-state index in [-0.39, 0.29) is 6.10 Å². The van der Waals surface area contributed by atoms with E-state index in [2.05, 4.69) is 34.1 Å². The van der Waals surface area contributed by atoms with Crippen LogP contribution < -0.4 is 0 Å². The molecule has 0 aliphatic carbocycles. The zero-order valence-corrected chi connectivity index (χ0v) is 9.90. The lowest BCUT2D eigenvalue weighted by molar-refractivity contribution is 0.0588. The van der Waals surface area contributed by atoms with Gasteiger partial charge in [-0.25, -0.2) is 0 Å². The monoisotopic (exact) mass is 258 g/mol. The summed E-state index contributed by atoms with van der Waals surface area (Å²) >= 11 is 3.45. The lowest BCUT2D eigenvalue weighted by Gasteiger charge is -2.09. The van der Waals surface area contributed by atoms with Crippen molar-refractivity contribution in [2.24, 2.45) is 0 Å². The molecule has 0 spiro atoms. The van der Waals surface area contributed by atoms with Crippen LogP contribution in [0.5, 0.6) is 0 Å². The second-order valence-corrected chi connectivity index (χ2v) is 4.26. The van der Waals surface area contributed by atoms with Gasteiger partial charge in [0.1, 0.15) is 0 Å². The predicted octanol–water partition coefficient (Wildman–Crippen LogP) is 2.52. The molecule has 1 aromatic rings. The summed E-state index contributed by atoms with van der Waals surface area (Å²) in [6.45, 7) is 3.02. The molecular formula is C10H15BrN2O. The molecule has 0 saturated carbocycles. The maximum absolute atomic E-state index is 5.85. The Morgan fingerprint density at radius 1 is 1.64 bits per heavy atom. The third-order valence-corrected chi connectivity index (χ3v) is 3.35. The van der Waals surface area contributed by atoms with Gasteiger partial charge in [-0.15, -0.1) is 0 Å². The molecule has 1 aliphatic rings. The highest BCUT2D eigenvalue weighted by atomic mass is 79.9. The quantitative estimate of drug-likeness (QED) is 0.780. The molecule has 1 saturated heterocycles. The third kappa shape index (κ3) is 2.01. The van der Waals surface area contributed by atoms with Gasteiger partial charge in [0.15, 0.2) is 0 Å². The maximum atomic E-state index is 5.85. The highest BCUT2D eigenvalue weighted by Gasteiger charge is 2.26. The van der Waals surface area contributed by atoms with Crippen molar-refractivity contribution < 1.29 is 4.74 Å². The standard InChI is InChI=1S/C10H15BrN2O/c1-2-13-7-8(6-12-13)10-4-3-9(5-11)14-10/h6-7,9-10H,2-5H2,1H3. The molecule has 0 aromatic carbocycles. The average Bonchev–Trinajstić information content (AvgIpc) is 2.86. The van der Waals surface area contributed by atoms with Crippen LogP contribution in [0, 0.1) is 0 Å². The van der Waals surface area contributed by atoms with Crippen LogP contribution in [0.15, 0.2) is 12.4 Å². The van der Waals surface area contributed by atoms with Gasteiger partial charge in [0, 0.05) is 23.6 Å². The van der Waals surface area contributed by atoms with E-state index >= 15 is 0 Å². The van der Waals surface area contributed by atoms with Crippen LogP contribution >= 0.6 is 15.9 Å². The Hall–Kier alpha value is -0.350. The van der Waals surface area contributed by atoms with Crippen LogP contribution in [-0.2, 0) is 11.3 Å². The summed E-state index contributed by atoms with van der Waals surface area (Å²) in [6.07, 6.45) is 6.91. The Morgan fingerprint density at radius 2 is 2.50 bits per heavy atom. The number of ether oxygens (including phenoxy) is 1. The molecule has 1 aliphatic heterocycles. The molecule has 1 fully saturated rings. The summed E-state index contributed by atoms with van der Waals surface area (Å²) in [4.78, 5) is 0. The van der Waals surface area contributed by atoms with Gasteiger partial charge in [-0.05, 0) is 19.8 Å². The fourth-order valence-electron chi connectivity index (χ4n) is 1.78. The van der Waals surface area contributed by atoms with Gasteiger partial charge >= 0.3 is 0 Å². The number of hydrogen-bond acceptors (Lipinski definition) is 2. The second kappa shape index (κ2) is 4.45. The Kier molecular flexibility index (Phi) is 3.23. The Bertz CT molecular complexity index is 300. The van der Waals surface area contributed by atoms with Gasteiger partial charge in [0.25, 0.3) is 0 Å². The van der Waals surface area contributed by atoms with Crippen LogP contribution in [0.2, 0.25) is 0 Å². The van der Waals surface area contributed by atoms with Gasteiger partial charge in [-0.3, -0.25) is 4.68 Å². The Balaban J connectivity index is 2.02. The molecule has 3 nitrogen and oxygen atoms in total. The van der Waals surface area contributed by atoms with Crippen molar-refractivity contribution >= 4 is 15.9 Å². The molecule has 2 heterocycles. The summed E-state index contributed by atoms with van der Waals surface area (Å²) < 4.78 is 7.80. The van der Waals surface area contributed by atoms with Crippen molar-refractivity contribution in [2.75, 3.05) is 5.33 Å². The van der Waals surface area contributed by atoms with E-state index in [0.717, 1.165) is 24.7 Å². The van der Waals surface area contributed by atoms with Crippen LogP contribution in [0.25, 0.3) is 0 Å². The number of halogens is 1. The third-order valence-electron chi connectivity index (χ3n) is 2.63. The summed E-state index contributed by atoms with van der Waals surface area (Å²) in [7, 11) is 0. The van der Waals surface area contributed by atoms with Crippen molar-refractivity contribution in [2.45, 2.75) is 38.5 Å². The first-order valence-electron chi connectivity index (χ1n) is 5.07. The van der Waals surface area contributed by atoms with Gasteiger partial charge in [-0.2, -0.15) is 5.10 Å². The van der Waals surface area contributed by atoms with E-state index < -0.39 is 0 Å². The summed E-state index contributed by atoms with van der Waals surface area (Å²) in [5.41, 5.74) is 1.22. The molecule has 78 valence electrons. The smallest absolute Gasteiger partial charge is 0.0860 e. The van der Waals surface area contributed by atoms with Crippen LogP contribution in [0.4, 0.5) is 0 Å². The minimum Gasteiger partial charge on any atom is -0.369 e. The zero-order valence-electron chi connectivity index (χ0n) is 8.32. The average molecular weight is 259 g/mol. The van der Waals surface area contributed by atoms with Gasteiger partial charge in [0.05, 0.1) is 18.4 Å². The molecule has 2 unspecified atom stereocenters. The molecule has 1 aromatic heterocycles. The van der Waals surface area contributed by atoms with E-state index in [9.17, 15) is 0 Å². The first kappa shape index (κ1) is 10.2. The van der Waals surface area contributed by atoms with E-state index in [1.807, 2.05) is 10.9 Å². The lowest BCUT2D eigenvalue weighted by atomic mass is 10.1. The summed E-state index contributed by atoms with van der Waals surface area (Å²) in [6, 6.07) is 0. The molecule has 14 heavy (non-hydrogen) atoms. The predicted molar refractivity (Wildman–Crippen MR) is 58.5 cm³/mol. The lowest BCUT2D eigenvalue weighted by Crippen LogP contribution is -2.06. The van der Waals surface area contributed by atoms with Crippen molar-refractivity contribution in [1.82, 2.24) is 9.78 Å². The number of aromatic nitrogens is 2. The molecule has 0 bridgehead atoms. The molecule has 2 atom stereocenters. The van der Waals surface area contributed by atoms with Gasteiger partial charge < -0.3 is 4.74 Å². The van der Waals surface area contributed by atoms with E-state index in [1.165, 1.54) is 5.56 Å². The maximum Gasteiger partial charge on any atom is 0.0860 e. The van der Waals surface area contributed by atoms with Crippen molar-refractivity contribution in [3.63, 3.8) is 0 Å². The van der Waals surface area contributed by atoms with Crippen molar-refractivity contribution in [3.8, 4) is 0 Å². The van der Waals surface area contributed by atoms with Crippen molar-refractivity contribution in [1.29, 1.82) is 0 Å². The first-order valence-corrected chi connectivity index (χ1v) is 6.19. The normalized spacial score (nSPS) is 27.0. The van der Waals surface area contributed by atoms with Crippen LogP contribution in [-0.4, -0.2) is 21.2 Å². The number of hydrogen-bond donors (Lipinski definition) is 0. The highest BCUT2D eigenvalue weighted by Crippen LogP contribution is 2.32. The molecule has 0 N–H and O–H groups in total. The van der Waals surface area contributed by atoms with Gasteiger partial charge in [-0.1, -0.05) is 15.9 Å². The zero-order chi connectivity index (χ0) is 9.97. The van der Waals surface area contributed by atoms with Crippen LogP contribution in [0.3, 0.4) is 0 Å². The highest BCUT2D eigenvalue weighted by molar-refractivity contribution is 9.09. The number of alkyl halides is 1. The molecule has 4 heteroatoms. The summed E-state index contributed by atoms with van der Waals surface area (Å²) in [5, 5.41) is 5.19. The molecular weight excluding hydrogens is 244 g/mol. The number of nitrogens with zero attached hydrogens (tertiary/aromatic N) is 2. The SMILES string of the molecule is CCn1cc(C2CCC(CBr)O2)cn1. The van der Waals surface area contributed by atoms with Gasteiger partial charge in [0.2, 0.25) is 0 Å². The number of rotatable bonds is 3. The van der Waals surface area contributed by atoms with Crippen LogP contribution in [0.1, 0.15) is 31.4 Å². The van der Waals surface area contributed by atoms with E-state index in [1.54, 1.807) is 0 Å². The largest absolute Gasteiger partial charge is 0.369 e.